The van der Waals surface area contributed by atoms with E-state index in [-0.39, 0.29) is 21.3 Å². The van der Waals surface area contributed by atoms with Crippen LogP contribution in [0.4, 0.5) is 5.69 Å². The first-order valence-electron chi connectivity index (χ1n) is 5.78. The molecule has 1 aromatic carbocycles. The maximum absolute atomic E-state index is 12.2. The van der Waals surface area contributed by atoms with Crippen molar-refractivity contribution in [1.29, 1.82) is 0 Å². The minimum absolute atomic E-state index is 0.108. The molecule has 6 nitrogen and oxygen atoms in total. The molecule has 0 fully saturated rings. The molecule has 21 heavy (non-hydrogen) atoms. The highest BCUT2D eigenvalue weighted by Crippen LogP contribution is 2.20. The Morgan fingerprint density at radius 1 is 1.33 bits per heavy atom. The van der Waals surface area contributed by atoms with E-state index in [1.807, 2.05) is 0 Å². The zero-order valence-corrected chi connectivity index (χ0v) is 12.4. The molecule has 0 amide bonds. The van der Waals surface area contributed by atoms with Crippen LogP contribution in [-0.2, 0) is 10.0 Å². The molecule has 0 saturated heterocycles. The molecule has 1 aromatic heterocycles. The van der Waals surface area contributed by atoms with E-state index in [0.717, 1.165) is 6.07 Å². The van der Waals surface area contributed by atoms with Gasteiger partial charge in [0.25, 0.3) is 10.0 Å². The number of anilines is 1. The summed E-state index contributed by atoms with van der Waals surface area (Å²) in [5.74, 6) is -1.20. The van der Waals surface area contributed by atoms with Crippen LogP contribution in [0, 0.1) is 6.92 Å². The highest BCUT2D eigenvalue weighted by atomic mass is 35.5. The molecule has 0 radical (unpaired) electrons. The quantitative estimate of drug-likeness (QED) is 0.842. The number of pyridine rings is 1. The molecule has 0 unspecified atom stereocenters. The molecule has 2 rings (SSSR count). The third kappa shape index (κ3) is 3.50. The molecule has 0 bridgehead atoms. The van der Waals surface area contributed by atoms with E-state index in [2.05, 4.69) is 9.71 Å². The summed E-state index contributed by atoms with van der Waals surface area (Å²) in [6.07, 6.45) is 1.29. The Morgan fingerprint density at radius 3 is 2.67 bits per heavy atom. The number of aromatic carboxylic acids is 1. The molecular weight excluding hydrogens is 316 g/mol. The van der Waals surface area contributed by atoms with Crippen molar-refractivity contribution in [1.82, 2.24) is 4.98 Å². The van der Waals surface area contributed by atoms with Gasteiger partial charge in [-0.25, -0.2) is 18.2 Å². The first-order chi connectivity index (χ1) is 9.79. The lowest BCUT2D eigenvalue weighted by Crippen LogP contribution is -2.14. The van der Waals surface area contributed by atoms with Gasteiger partial charge in [0, 0.05) is 0 Å². The molecule has 2 N–H and O–H groups in total. The molecule has 0 aliphatic carbocycles. The Kier molecular flexibility index (Phi) is 4.15. The van der Waals surface area contributed by atoms with Crippen molar-refractivity contribution in [2.45, 2.75) is 11.8 Å². The van der Waals surface area contributed by atoms with E-state index in [1.54, 1.807) is 6.92 Å². The summed E-state index contributed by atoms with van der Waals surface area (Å²) >= 11 is 5.77. The van der Waals surface area contributed by atoms with E-state index in [0.29, 0.717) is 5.56 Å². The lowest BCUT2D eigenvalue weighted by Gasteiger charge is -2.09. The zero-order valence-electron chi connectivity index (χ0n) is 10.9. The summed E-state index contributed by atoms with van der Waals surface area (Å²) in [7, 11) is -3.90. The van der Waals surface area contributed by atoms with Gasteiger partial charge in [0.2, 0.25) is 0 Å². The maximum Gasteiger partial charge on any atom is 0.335 e. The number of nitrogens with one attached hydrogen (secondary N) is 1. The summed E-state index contributed by atoms with van der Waals surface area (Å²) in [6, 6.07) is 6.61. The largest absolute Gasteiger partial charge is 0.478 e. The molecule has 0 atom stereocenters. The van der Waals surface area contributed by atoms with Gasteiger partial charge >= 0.3 is 5.97 Å². The molecule has 0 aliphatic heterocycles. The van der Waals surface area contributed by atoms with Gasteiger partial charge < -0.3 is 5.11 Å². The Morgan fingerprint density at radius 2 is 2.05 bits per heavy atom. The van der Waals surface area contributed by atoms with E-state index in [1.165, 1.54) is 30.5 Å². The highest BCUT2D eigenvalue weighted by molar-refractivity contribution is 7.92. The van der Waals surface area contributed by atoms with Crippen LogP contribution in [0.25, 0.3) is 0 Å². The summed E-state index contributed by atoms with van der Waals surface area (Å²) in [5, 5.41) is 9.17. The monoisotopic (exact) mass is 326 g/mol. The van der Waals surface area contributed by atoms with Gasteiger partial charge in [-0.3, -0.25) is 4.72 Å². The van der Waals surface area contributed by atoms with Gasteiger partial charge in [0.1, 0.15) is 5.15 Å². The number of benzene rings is 1. The van der Waals surface area contributed by atoms with Crippen LogP contribution in [0.3, 0.4) is 0 Å². The molecule has 110 valence electrons. The number of carbonyl (C=O) groups is 1. The number of halogens is 1. The smallest absolute Gasteiger partial charge is 0.335 e. The van der Waals surface area contributed by atoms with Gasteiger partial charge in [-0.1, -0.05) is 17.7 Å². The van der Waals surface area contributed by atoms with E-state index < -0.39 is 16.0 Å². The number of sulfonamides is 1. The number of hydrogen-bond donors (Lipinski definition) is 2. The first-order valence-corrected chi connectivity index (χ1v) is 7.64. The third-order valence-corrected chi connectivity index (χ3v) is 4.43. The minimum atomic E-state index is -3.90. The fourth-order valence-electron chi connectivity index (χ4n) is 1.62. The predicted octanol–water partition coefficient (Wildman–Crippen LogP) is 2.54. The number of carboxylic acids is 1. The molecule has 2 aromatic rings. The van der Waals surface area contributed by atoms with Gasteiger partial charge in [0.05, 0.1) is 22.3 Å². The van der Waals surface area contributed by atoms with Gasteiger partial charge in [0.15, 0.2) is 0 Å². The maximum atomic E-state index is 12.2. The highest BCUT2D eigenvalue weighted by Gasteiger charge is 2.16. The summed E-state index contributed by atoms with van der Waals surface area (Å²) in [5.41, 5.74) is 0.761. The fourth-order valence-corrected chi connectivity index (χ4v) is 2.81. The van der Waals surface area contributed by atoms with Gasteiger partial charge in [-0.2, -0.15) is 0 Å². The second kappa shape index (κ2) is 5.71. The second-order valence-electron chi connectivity index (χ2n) is 4.27. The van der Waals surface area contributed by atoms with Crippen molar-refractivity contribution in [2.75, 3.05) is 4.72 Å². The van der Waals surface area contributed by atoms with E-state index in [4.69, 9.17) is 16.7 Å². The molecule has 8 heteroatoms. The van der Waals surface area contributed by atoms with Crippen LogP contribution in [0.1, 0.15) is 15.9 Å². The SMILES string of the molecule is Cc1cc(NS(=O)(=O)c2cccc(C(=O)O)c2)cnc1Cl. The van der Waals surface area contributed by atoms with Crippen LogP contribution >= 0.6 is 11.6 Å². The second-order valence-corrected chi connectivity index (χ2v) is 6.31. The average molecular weight is 327 g/mol. The Labute approximate surface area is 126 Å². The molecule has 1 heterocycles. The summed E-state index contributed by atoms with van der Waals surface area (Å²) < 4.78 is 26.7. The van der Waals surface area contributed by atoms with Gasteiger partial charge in [-0.05, 0) is 36.8 Å². The standard InChI is InChI=1S/C13H11ClN2O4S/c1-8-5-10(7-15-12(8)14)16-21(19,20)11-4-2-3-9(6-11)13(17)18/h2-7,16H,1H3,(H,17,18). The Hall–Kier alpha value is -2.12. The number of carboxylic acid groups (broad SMARTS) is 1. The van der Waals surface area contributed by atoms with Crippen molar-refractivity contribution < 1.29 is 18.3 Å². The zero-order chi connectivity index (χ0) is 15.6. The molecule has 0 spiro atoms. The number of aryl methyl sites for hydroxylation is 1. The number of rotatable bonds is 4. The lowest BCUT2D eigenvalue weighted by molar-refractivity contribution is 0.0696. The third-order valence-electron chi connectivity index (χ3n) is 2.66. The van der Waals surface area contributed by atoms with Crippen molar-refractivity contribution in [3.8, 4) is 0 Å². The lowest BCUT2D eigenvalue weighted by atomic mass is 10.2. The van der Waals surface area contributed by atoms with E-state index >= 15 is 0 Å². The van der Waals surface area contributed by atoms with Crippen molar-refractivity contribution >= 4 is 33.3 Å². The van der Waals surface area contributed by atoms with Crippen LogP contribution < -0.4 is 4.72 Å². The first kappa shape index (κ1) is 15.3. The molecular formula is C13H11ClN2O4S. The van der Waals surface area contributed by atoms with E-state index in [9.17, 15) is 13.2 Å². The topological polar surface area (TPSA) is 96.4 Å². The number of nitrogens with zero attached hydrogens (tertiary/aromatic N) is 1. The van der Waals surface area contributed by atoms with Crippen molar-refractivity contribution in [3.05, 3.63) is 52.8 Å². The van der Waals surface area contributed by atoms with Crippen LogP contribution in [0.5, 0.6) is 0 Å². The average Bonchev–Trinajstić information content (AvgIpc) is 2.43. The van der Waals surface area contributed by atoms with Crippen LogP contribution in [0.15, 0.2) is 41.4 Å². The fraction of sp³-hybridized carbons (Fsp3) is 0.0769. The number of aromatic nitrogens is 1. The number of hydrogen-bond acceptors (Lipinski definition) is 4. The minimum Gasteiger partial charge on any atom is -0.478 e. The van der Waals surface area contributed by atoms with Crippen LogP contribution in [0.2, 0.25) is 5.15 Å². The summed E-state index contributed by atoms with van der Waals surface area (Å²) in [6.45, 7) is 1.69. The molecule has 0 aliphatic rings. The van der Waals surface area contributed by atoms with Crippen molar-refractivity contribution in [2.24, 2.45) is 0 Å². The summed E-state index contributed by atoms with van der Waals surface area (Å²) in [4.78, 5) is 14.6. The van der Waals surface area contributed by atoms with Crippen molar-refractivity contribution in [3.63, 3.8) is 0 Å². The Bertz CT molecular complexity index is 806. The Balaban J connectivity index is 2.36. The van der Waals surface area contributed by atoms with Gasteiger partial charge in [-0.15, -0.1) is 0 Å². The normalized spacial score (nSPS) is 11.1. The van der Waals surface area contributed by atoms with Crippen LogP contribution in [-0.4, -0.2) is 24.5 Å². The molecule has 0 saturated carbocycles. The predicted molar refractivity (Wildman–Crippen MR) is 78.2 cm³/mol.